The Labute approximate surface area is 119 Å². The van der Waals surface area contributed by atoms with Gasteiger partial charge in [-0.3, -0.25) is 20.2 Å². The quantitative estimate of drug-likeness (QED) is 0.415. The Morgan fingerprint density at radius 3 is 2.50 bits per heavy atom. The van der Waals surface area contributed by atoms with Gasteiger partial charge in [-0.2, -0.15) is 0 Å². The maximum atomic E-state index is 11.5. The maximum Gasteiger partial charge on any atom is 0.328 e. The number of amides is 4. The molecule has 0 spiro atoms. The number of nitrogens with two attached hydrogens (primary N) is 1. The molecule has 104 valence electrons. The monoisotopic (exact) mass is 292 g/mol. The van der Waals surface area contributed by atoms with Crippen molar-refractivity contribution in [3.8, 4) is 0 Å². The summed E-state index contributed by atoms with van der Waals surface area (Å²) in [6, 6.07) is 6.48. The highest BCUT2D eigenvalue weighted by molar-refractivity contribution is 8.15. The van der Waals surface area contributed by atoms with Gasteiger partial charge in [0.25, 0.3) is 11.8 Å². The number of barbiturate groups is 1. The smallest absolute Gasteiger partial charge is 0.328 e. The number of urea groups is 1. The lowest BCUT2D eigenvalue weighted by atomic mass is 10.2. The van der Waals surface area contributed by atoms with Gasteiger partial charge in [-0.15, -0.1) is 0 Å². The van der Waals surface area contributed by atoms with E-state index in [1.54, 1.807) is 6.07 Å². The van der Waals surface area contributed by atoms with Gasteiger partial charge >= 0.3 is 6.03 Å². The Morgan fingerprint density at radius 2 is 1.90 bits per heavy atom. The summed E-state index contributed by atoms with van der Waals surface area (Å²) in [6.45, 7) is 1.91. The normalized spacial score (nSPS) is 16.9. The fourth-order valence-electron chi connectivity index (χ4n) is 1.58. The third-order valence-corrected chi connectivity index (χ3v) is 3.43. The molecule has 20 heavy (non-hydrogen) atoms. The lowest BCUT2D eigenvalue weighted by Crippen LogP contribution is -2.57. The number of hydrogen-bond acceptors (Lipinski definition) is 5. The summed E-state index contributed by atoms with van der Waals surface area (Å²) >= 11 is 0.791. The number of imide groups is 2. The lowest BCUT2D eigenvalue weighted by molar-refractivity contribution is -0.128. The molecular formula is C12H12N4O3S. The number of carbonyl (C=O) groups is 3. The summed E-state index contributed by atoms with van der Waals surface area (Å²) in [5.41, 5.74) is 7.36. The van der Waals surface area contributed by atoms with Crippen LogP contribution in [0.1, 0.15) is 5.56 Å². The van der Waals surface area contributed by atoms with E-state index < -0.39 is 23.1 Å². The van der Waals surface area contributed by atoms with Crippen molar-refractivity contribution in [2.75, 3.05) is 0 Å². The Bertz CT molecular complexity index is 594. The second-order valence-corrected chi connectivity index (χ2v) is 5.22. The largest absolute Gasteiger partial charge is 0.378 e. The fourth-order valence-corrected chi connectivity index (χ4v) is 2.32. The Balaban J connectivity index is 2.11. The van der Waals surface area contributed by atoms with Gasteiger partial charge in [0, 0.05) is 0 Å². The molecule has 1 fully saturated rings. The lowest BCUT2D eigenvalue weighted by Gasteiger charge is -2.19. The van der Waals surface area contributed by atoms with Crippen molar-refractivity contribution in [2.24, 2.45) is 10.7 Å². The van der Waals surface area contributed by atoms with Gasteiger partial charge in [-0.05, 0) is 24.6 Å². The molecule has 0 unspecified atom stereocenters. The number of amidine groups is 1. The van der Waals surface area contributed by atoms with Crippen LogP contribution in [0.4, 0.5) is 10.5 Å². The third kappa shape index (κ3) is 3.35. The highest BCUT2D eigenvalue weighted by Gasteiger charge is 2.35. The van der Waals surface area contributed by atoms with Crippen molar-refractivity contribution in [3.05, 3.63) is 29.8 Å². The molecule has 0 aromatic heterocycles. The Morgan fingerprint density at radius 1 is 1.25 bits per heavy atom. The fraction of sp³-hybridized carbons (Fsp3) is 0.167. The molecule has 0 atom stereocenters. The number of aryl methyl sites for hydroxylation is 1. The van der Waals surface area contributed by atoms with Gasteiger partial charge in [0.2, 0.25) is 0 Å². The topological polar surface area (TPSA) is 114 Å². The van der Waals surface area contributed by atoms with E-state index in [2.05, 4.69) is 4.99 Å². The van der Waals surface area contributed by atoms with Gasteiger partial charge < -0.3 is 5.73 Å². The van der Waals surface area contributed by atoms with Crippen LogP contribution >= 0.6 is 11.8 Å². The third-order valence-electron chi connectivity index (χ3n) is 2.43. The number of nitrogens with zero attached hydrogens (tertiary/aromatic N) is 1. The van der Waals surface area contributed by atoms with E-state index >= 15 is 0 Å². The SMILES string of the molecule is Cc1cccc(N=C(N)SC2C(=O)NC(=O)NC2=O)c1. The molecule has 1 heterocycles. The second kappa shape index (κ2) is 5.74. The first-order chi connectivity index (χ1) is 9.45. The zero-order chi connectivity index (χ0) is 14.7. The highest BCUT2D eigenvalue weighted by Crippen LogP contribution is 2.19. The van der Waals surface area contributed by atoms with Crippen LogP contribution in [-0.2, 0) is 9.59 Å². The van der Waals surface area contributed by atoms with Crippen LogP contribution in [0.2, 0.25) is 0 Å². The number of hydrogen-bond donors (Lipinski definition) is 3. The minimum atomic E-state index is -1.12. The minimum Gasteiger partial charge on any atom is -0.378 e. The summed E-state index contributed by atoms with van der Waals surface area (Å²) in [5.74, 6) is -1.41. The first kappa shape index (κ1) is 14.1. The van der Waals surface area contributed by atoms with Crippen molar-refractivity contribution < 1.29 is 14.4 Å². The van der Waals surface area contributed by atoms with Gasteiger partial charge in [-0.1, -0.05) is 23.9 Å². The van der Waals surface area contributed by atoms with Crippen molar-refractivity contribution in [1.82, 2.24) is 10.6 Å². The van der Waals surface area contributed by atoms with E-state index in [4.69, 9.17) is 5.73 Å². The van der Waals surface area contributed by atoms with Crippen LogP contribution in [0.5, 0.6) is 0 Å². The Kier molecular flexibility index (Phi) is 4.04. The van der Waals surface area contributed by atoms with Crippen LogP contribution in [0, 0.1) is 6.92 Å². The van der Waals surface area contributed by atoms with Crippen molar-refractivity contribution in [1.29, 1.82) is 0 Å². The predicted molar refractivity (Wildman–Crippen MR) is 75.5 cm³/mol. The summed E-state index contributed by atoms with van der Waals surface area (Å²) in [7, 11) is 0. The molecule has 0 aliphatic carbocycles. The zero-order valence-corrected chi connectivity index (χ0v) is 11.4. The summed E-state index contributed by atoms with van der Waals surface area (Å²) in [4.78, 5) is 38.1. The second-order valence-electron chi connectivity index (χ2n) is 4.09. The molecule has 1 aliphatic heterocycles. The van der Waals surface area contributed by atoms with Gasteiger partial charge in [0.15, 0.2) is 10.4 Å². The van der Waals surface area contributed by atoms with E-state index in [0.29, 0.717) is 5.69 Å². The molecule has 0 saturated carbocycles. The van der Waals surface area contributed by atoms with Crippen molar-refractivity contribution in [3.63, 3.8) is 0 Å². The van der Waals surface area contributed by atoms with Crippen LogP contribution in [0.3, 0.4) is 0 Å². The summed E-state index contributed by atoms with van der Waals surface area (Å²) in [6.07, 6.45) is 0. The average Bonchev–Trinajstić information content (AvgIpc) is 2.33. The molecule has 8 heteroatoms. The number of rotatable bonds is 2. The average molecular weight is 292 g/mol. The van der Waals surface area contributed by atoms with Crippen LogP contribution in [0.25, 0.3) is 0 Å². The molecule has 1 saturated heterocycles. The molecule has 1 aliphatic rings. The van der Waals surface area contributed by atoms with Crippen LogP contribution < -0.4 is 16.4 Å². The first-order valence-electron chi connectivity index (χ1n) is 5.69. The van der Waals surface area contributed by atoms with Crippen LogP contribution in [-0.4, -0.2) is 28.3 Å². The zero-order valence-electron chi connectivity index (χ0n) is 10.5. The predicted octanol–water partition coefficient (Wildman–Crippen LogP) is 0.409. The Hall–Kier alpha value is -2.35. The van der Waals surface area contributed by atoms with Crippen LogP contribution in [0.15, 0.2) is 29.3 Å². The molecule has 1 aromatic carbocycles. The maximum absolute atomic E-state index is 11.5. The summed E-state index contributed by atoms with van der Waals surface area (Å²) < 4.78 is 0. The number of carbonyl (C=O) groups excluding carboxylic acids is 3. The van der Waals surface area contributed by atoms with E-state index in [9.17, 15) is 14.4 Å². The van der Waals surface area contributed by atoms with E-state index in [0.717, 1.165) is 17.3 Å². The van der Waals surface area contributed by atoms with E-state index in [1.165, 1.54) is 0 Å². The number of nitrogens with one attached hydrogen (secondary N) is 2. The molecule has 0 bridgehead atoms. The molecule has 0 radical (unpaired) electrons. The molecule has 2 rings (SSSR count). The summed E-state index contributed by atoms with van der Waals surface area (Å²) in [5, 5.41) is 2.94. The number of aliphatic imine (C=N–C) groups is 1. The molecular weight excluding hydrogens is 280 g/mol. The highest BCUT2D eigenvalue weighted by atomic mass is 32.2. The number of thioether (sulfide) groups is 1. The minimum absolute atomic E-state index is 0.0697. The number of benzene rings is 1. The standard InChI is InChI=1S/C12H12N4O3S/c1-6-3-2-4-7(5-6)14-11(13)20-8-9(17)15-12(19)16-10(8)18/h2-5,8H,1H3,(H2,13,14)(H2,15,16,17,18,19). The van der Waals surface area contributed by atoms with E-state index in [-0.39, 0.29) is 5.17 Å². The van der Waals surface area contributed by atoms with Crippen molar-refractivity contribution >= 4 is 40.5 Å². The van der Waals surface area contributed by atoms with Gasteiger partial charge in [-0.25, -0.2) is 9.79 Å². The van der Waals surface area contributed by atoms with Crippen molar-refractivity contribution in [2.45, 2.75) is 12.2 Å². The van der Waals surface area contributed by atoms with E-state index in [1.807, 2.05) is 35.8 Å². The molecule has 1 aromatic rings. The molecule has 4 N–H and O–H groups in total. The van der Waals surface area contributed by atoms with Gasteiger partial charge in [0.1, 0.15) is 0 Å². The molecule has 7 nitrogen and oxygen atoms in total. The van der Waals surface area contributed by atoms with Gasteiger partial charge in [0.05, 0.1) is 5.69 Å². The molecule has 4 amide bonds. The first-order valence-corrected chi connectivity index (χ1v) is 6.57.